The van der Waals surface area contributed by atoms with E-state index in [0.29, 0.717) is 37.9 Å². The zero-order chi connectivity index (χ0) is 19.1. The van der Waals surface area contributed by atoms with Crippen LogP contribution in [0.15, 0.2) is 36.9 Å². The number of aliphatic carboxylic acids is 1. The van der Waals surface area contributed by atoms with Gasteiger partial charge >= 0.3 is 5.97 Å². The molecule has 1 saturated heterocycles. The molecule has 2 atom stereocenters. The normalized spacial score (nSPS) is 18.0. The molecule has 2 unspecified atom stereocenters. The smallest absolute Gasteiger partial charge is 0.326 e. The van der Waals surface area contributed by atoms with Crippen LogP contribution in [0.25, 0.3) is 0 Å². The van der Waals surface area contributed by atoms with Gasteiger partial charge in [0.1, 0.15) is 6.04 Å². The molecule has 26 heavy (non-hydrogen) atoms. The van der Waals surface area contributed by atoms with Gasteiger partial charge in [-0.3, -0.25) is 9.59 Å². The minimum Gasteiger partial charge on any atom is -0.480 e. The lowest BCUT2D eigenvalue weighted by Gasteiger charge is -2.32. The van der Waals surface area contributed by atoms with Gasteiger partial charge in [-0.2, -0.15) is 0 Å². The van der Waals surface area contributed by atoms with Gasteiger partial charge in [0, 0.05) is 18.7 Å². The Bertz CT molecular complexity index is 669. The zero-order valence-corrected chi connectivity index (χ0v) is 15.1. The SMILES string of the molecule is C=CCCC(NC(=O)C1CCCN(C(=O)c2ccc(C)cc2)C1)C(=O)O. The van der Waals surface area contributed by atoms with Crippen LogP contribution in [-0.2, 0) is 9.59 Å². The first kappa shape index (κ1) is 19.7. The molecule has 1 aliphatic heterocycles. The van der Waals surface area contributed by atoms with Gasteiger partial charge in [0.15, 0.2) is 0 Å². The number of carbonyl (C=O) groups excluding carboxylic acids is 2. The number of benzene rings is 1. The highest BCUT2D eigenvalue weighted by molar-refractivity contribution is 5.95. The zero-order valence-electron chi connectivity index (χ0n) is 15.1. The van der Waals surface area contributed by atoms with E-state index in [0.717, 1.165) is 12.0 Å². The third-order valence-electron chi connectivity index (χ3n) is 4.65. The standard InChI is InChI=1S/C20H26N2O4/c1-3-4-7-17(20(25)26)21-18(23)16-6-5-12-22(13-16)19(24)15-10-8-14(2)9-11-15/h3,8-11,16-17H,1,4-7,12-13H2,2H3,(H,21,23)(H,25,26). The molecule has 2 N–H and O–H groups in total. The summed E-state index contributed by atoms with van der Waals surface area (Å²) in [6.45, 7) is 6.45. The second kappa shape index (κ2) is 9.17. The fourth-order valence-electron chi connectivity index (χ4n) is 3.09. The summed E-state index contributed by atoms with van der Waals surface area (Å²) < 4.78 is 0. The summed E-state index contributed by atoms with van der Waals surface area (Å²) in [6.07, 6.45) is 3.82. The second-order valence-electron chi connectivity index (χ2n) is 6.72. The van der Waals surface area contributed by atoms with E-state index >= 15 is 0 Å². The molecule has 1 aromatic carbocycles. The van der Waals surface area contributed by atoms with E-state index in [9.17, 15) is 19.5 Å². The summed E-state index contributed by atoms with van der Waals surface area (Å²) in [5.41, 5.74) is 1.68. The number of aryl methyl sites for hydroxylation is 1. The summed E-state index contributed by atoms with van der Waals surface area (Å²) in [7, 11) is 0. The number of nitrogens with one attached hydrogen (secondary N) is 1. The van der Waals surface area contributed by atoms with Gasteiger partial charge in [-0.15, -0.1) is 6.58 Å². The van der Waals surface area contributed by atoms with Gasteiger partial charge in [-0.1, -0.05) is 23.8 Å². The first-order chi connectivity index (χ1) is 12.4. The lowest BCUT2D eigenvalue weighted by Crippen LogP contribution is -2.49. The van der Waals surface area contributed by atoms with Crippen LogP contribution in [0.1, 0.15) is 41.6 Å². The average molecular weight is 358 g/mol. The third-order valence-corrected chi connectivity index (χ3v) is 4.65. The minimum absolute atomic E-state index is 0.0936. The van der Waals surface area contributed by atoms with Crippen LogP contribution < -0.4 is 5.32 Å². The van der Waals surface area contributed by atoms with Crippen LogP contribution in [0.5, 0.6) is 0 Å². The minimum atomic E-state index is -1.05. The Kier molecular flexibility index (Phi) is 6.95. The van der Waals surface area contributed by atoms with Crippen LogP contribution in [0.2, 0.25) is 0 Å². The van der Waals surface area contributed by atoms with E-state index in [1.54, 1.807) is 23.1 Å². The molecule has 1 heterocycles. The Morgan fingerprint density at radius 1 is 1.35 bits per heavy atom. The molecule has 0 bridgehead atoms. The maximum Gasteiger partial charge on any atom is 0.326 e. The number of rotatable bonds is 7. The maximum atomic E-state index is 12.6. The summed E-state index contributed by atoms with van der Waals surface area (Å²) in [6, 6.07) is 6.43. The van der Waals surface area contributed by atoms with E-state index in [4.69, 9.17) is 0 Å². The Morgan fingerprint density at radius 2 is 2.04 bits per heavy atom. The van der Waals surface area contributed by atoms with Crippen molar-refractivity contribution in [2.45, 2.75) is 38.6 Å². The monoisotopic (exact) mass is 358 g/mol. The van der Waals surface area contributed by atoms with Gasteiger partial charge in [0.2, 0.25) is 5.91 Å². The van der Waals surface area contributed by atoms with Crippen LogP contribution in [-0.4, -0.2) is 46.9 Å². The van der Waals surface area contributed by atoms with E-state index in [1.165, 1.54) is 0 Å². The van der Waals surface area contributed by atoms with Gasteiger partial charge in [-0.05, 0) is 44.7 Å². The highest BCUT2D eigenvalue weighted by atomic mass is 16.4. The Hall–Kier alpha value is -2.63. The predicted octanol–water partition coefficient (Wildman–Crippen LogP) is 2.38. The van der Waals surface area contributed by atoms with Crippen molar-refractivity contribution in [3.05, 3.63) is 48.0 Å². The number of piperidine rings is 1. The molecule has 140 valence electrons. The molecule has 0 saturated carbocycles. The highest BCUT2D eigenvalue weighted by Crippen LogP contribution is 2.19. The van der Waals surface area contributed by atoms with Crippen LogP contribution >= 0.6 is 0 Å². The lowest BCUT2D eigenvalue weighted by atomic mass is 9.95. The molecule has 0 radical (unpaired) electrons. The first-order valence-corrected chi connectivity index (χ1v) is 8.92. The fraction of sp³-hybridized carbons (Fsp3) is 0.450. The summed E-state index contributed by atoms with van der Waals surface area (Å²) in [5.74, 6) is -1.83. The predicted molar refractivity (Wildman–Crippen MR) is 98.8 cm³/mol. The summed E-state index contributed by atoms with van der Waals surface area (Å²) >= 11 is 0. The van der Waals surface area contributed by atoms with E-state index in [2.05, 4.69) is 11.9 Å². The molecule has 1 fully saturated rings. The lowest BCUT2D eigenvalue weighted by molar-refractivity contribution is -0.142. The van der Waals surface area contributed by atoms with Gasteiger partial charge < -0.3 is 15.3 Å². The molecule has 2 rings (SSSR count). The molecule has 0 aromatic heterocycles. The van der Waals surface area contributed by atoms with Gasteiger partial charge in [0.25, 0.3) is 5.91 Å². The van der Waals surface area contributed by atoms with E-state index in [1.807, 2.05) is 19.1 Å². The number of allylic oxidation sites excluding steroid dienone is 1. The topological polar surface area (TPSA) is 86.7 Å². The van der Waals surface area contributed by atoms with Crippen molar-refractivity contribution in [2.24, 2.45) is 5.92 Å². The third kappa shape index (κ3) is 5.18. The molecule has 6 heteroatoms. The quantitative estimate of drug-likeness (QED) is 0.733. The average Bonchev–Trinajstić information content (AvgIpc) is 2.64. The van der Waals surface area contributed by atoms with Crippen molar-refractivity contribution in [3.63, 3.8) is 0 Å². The van der Waals surface area contributed by atoms with Crippen molar-refractivity contribution in [3.8, 4) is 0 Å². The molecule has 1 aliphatic rings. The van der Waals surface area contributed by atoms with Gasteiger partial charge in [0.05, 0.1) is 5.92 Å². The maximum absolute atomic E-state index is 12.6. The number of hydrogen-bond donors (Lipinski definition) is 2. The van der Waals surface area contributed by atoms with E-state index in [-0.39, 0.29) is 17.7 Å². The van der Waals surface area contributed by atoms with Crippen LogP contribution in [0.4, 0.5) is 0 Å². The molecule has 2 amide bonds. The summed E-state index contributed by atoms with van der Waals surface area (Å²) in [5, 5.41) is 11.8. The first-order valence-electron chi connectivity index (χ1n) is 8.92. The van der Waals surface area contributed by atoms with Crippen molar-refractivity contribution < 1.29 is 19.5 Å². The largest absolute Gasteiger partial charge is 0.480 e. The van der Waals surface area contributed by atoms with Crippen LogP contribution in [0, 0.1) is 12.8 Å². The molecule has 0 aliphatic carbocycles. The molecule has 0 spiro atoms. The van der Waals surface area contributed by atoms with Crippen LogP contribution in [0.3, 0.4) is 0 Å². The molecule has 1 aromatic rings. The number of amides is 2. The van der Waals surface area contributed by atoms with E-state index < -0.39 is 12.0 Å². The Balaban J connectivity index is 1.98. The Labute approximate surface area is 153 Å². The molecule has 6 nitrogen and oxygen atoms in total. The number of nitrogens with zero attached hydrogens (tertiary/aromatic N) is 1. The fourth-order valence-corrected chi connectivity index (χ4v) is 3.09. The Morgan fingerprint density at radius 3 is 2.65 bits per heavy atom. The number of likely N-dealkylation sites (tertiary alicyclic amines) is 1. The molecular formula is C20H26N2O4. The van der Waals surface area contributed by atoms with Crippen molar-refractivity contribution in [1.29, 1.82) is 0 Å². The number of hydrogen-bond acceptors (Lipinski definition) is 3. The van der Waals surface area contributed by atoms with Crippen molar-refractivity contribution >= 4 is 17.8 Å². The number of carboxylic acids is 1. The second-order valence-corrected chi connectivity index (χ2v) is 6.72. The van der Waals surface area contributed by atoms with Crippen molar-refractivity contribution in [2.75, 3.05) is 13.1 Å². The summed E-state index contributed by atoms with van der Waals surface area (Å²) in [4.78, 5) is 38.1. The van der Waals surface area contributed by atoms with Crippen molar-refractivity contribution in [1.82, 2.24) is 10.2 Å². The number of carbonyl (C=O) groups is 3. The number of carboxylic acid groups (broad SMARTS) is 1. The highest BCUT2D eigenvalue weighted by Gasteiger charge is 2.31. The molecular weight excluding hydrogens is 332 g/mol. The van der Waals surface area contributed by atoms with Gasteiger partial charge in [-0.25, -0.2) is 4.79 Å².